The van der Waals surface area contributed by atoms with Gasteiger partial charge in [-0.15, -0.1) is 0 Å². The number of nitrogens with zero attached hydrogens (tertiary/aromatic N) is 2. The zero-order valence-electron chi connectivity index (χ0n) is 11.1. The fraction of sp³-hybridized carbons (Fsp3) is 0.462. The molecule has 1 fully saturated rings. The summed E-state index contributed by atoms with van der Waals surface area (Å²) in [4.78, 5) is 22.8. The number of H-pyrrole nitrogens is 1. The molecule has 1 aliphatic carbocycles. The van der Waals surface area contributed by atoms with Crippen LogP contribution >= 0.6 is 0 Å². The average molecular weight is 280 g/mol. The van der Waals surface area contributed by atoms with Crippen LogP contribution in [-0.2, 0) is 0 Å². The van der Waals surface area contributed by atoms with Gasteiger partial charge in [-0.1, -0.05) is 13.8 Å². The third-order valence-corrected chi connectivity index (χ3v) is 4.12. The van der Waals surface area contributed by atoms with Crippen LogP contribution in [0.3, 0.4) is 0 Å². The van der Waals surface area contributed by atoms with Crippen molar-refractivity contribution in [3.8, 4) is 0 Å². The van der Waals surface area contributed by atoms with Gasteiger partial charge in [0, 0.05) is 18.2 Å². The van der Waals surface area contributed by atoms with Gasteiger partial charge in [-0.05, 0) is 6.07 Å². The van der Waals surface area contributed by atoms with Crippen LogP contribution in [0.2, 0.25) is 0 Å². The number of alkyl halides is 2. The van der Waals surface area contributed by atoms with Gasteiger partial charge in [-0.25, -0.2) is 18.7 Å². The first-order valence-corrected chi connectivity index (χ1v) is 6.30. The summed E-state index contributed by atoms with van der Waals surface area (Å²) in [6.45, 7) is 2.94. The van der Waals surface area contributed by atoms with E-state index < -0.39 is 23.2 Å². The lowest BCUT2D eigenvalue weighted by Gasteiger charge is -2.05. The number of hydrogen-bond donors (Lipinski definition) is 2. The molecule has 2 aromatic rings. The number of carbonyl (C=O) groups excluding carboxylic acids is 1. The van der Waals surface area contributed by atoms with Crippen LogP contribution < -0.4 is 5.32 Å². The molecule has 1 amide bonds. The van der Waals surface area contributed by atoms with Crippen molar-refractivity contribution in [1.29, 1.82) is 0 Å². The topological polar surface area (TPSA) is 70.7 Å². The summed E-state index contributed by atoms with van der Waals surface area (Å²) in [5.41, 5.74) is -0.324. The van der Waals surface area contributed by atoms with Crippen LogP contribution in [0, 0.1) is 11.3 Å². The molecule has 20 heavy (non-hydrogen) atoms. The maximum absolute atomic E-state index is 13.4. The molecule has 106 valence electrons. The Morgan fingerprint density at radius 3 is 2.80 bits per heavy atom. The number of halogens is 2. The first-order valence-electron chi connectivity index (χ1n) is 6.30. The van der Waals surface area contributed by atoms with E-state index in [0.717, 1.165) is 0 Å². The molecule has 0 radical (unpaired) electrons. The average Bonchev–Trinajstić information content (AvgIpc) is 2.76. The van der Waals surface area contributed by atoms with Gasteiger partial charge in [0.1, 0.15) is 17.7 Å². The zero-order chi connectivity index (χ0) is 14.5. The lowest BCUT2D eigenvalue weighted by molar-refractivity contribution is 0.0661. The summed E-state index contributed by atoms with van der Waals surface area (Å²) >= 11 is 0. The Balaban J connectivity index is 1.74. The Labute approximate surface area is 113 Å². The van der Waals surface area contributed by atoms with Crippen LogP contribution in [0.4, 0.5) is 8.78 Å². The van der Waals surface area contributed by atoms with Crippen molar-refractivity contribution >= 4 is 16.9 Å². The van der Waals surface area contributed by atoms with Crippen molar-refractivity contribution in [3.63, 3.8) is 0 Å². The van der Waals surface area contributed by atoms with Gasteiger partial charge >= 0.3 is 0 Å². The molecule has 2 aromatic heterocycles. The van der Waals surface area contributed by atoms with Crippen LogP contribution in [0.15, 0.2) is 18.6 Å². The predicted octanol–water partition coefficient (Wildman–Crippen LogP) is 1.98. The fourth-order valence-electron chi connectivity index (χ4n) is 2.47. The van der Waals surface area contributed by atoms with Crippen LogP contribution in [-0.4, -0.2) is 33.3 Å². The van der Waals surface area contributed by atoms with Gasteiger partial charge in [-0.2, -0.15) is 0 Å². The summed E-state index contributed by atoms with van der Waals surface area (Å²) in [7, 11) is 0. The van der Waals surface area contributed by atoms with Gasteiger partial charge in [0.2, 0.25) is 0 Å². The van der Waals surface area contributed by atoms with Crippen molar-refractivity contribution in [3.05, 3.63) is 24.3 Å². The Morgan fingerprint density at radius 1 is 1.45 bits per heavy atom. The van der Waals surface area contributed by atoms with E-state index in [2.05, 4.69) is 20.3 Å². The molecule has 0 bridgehead atoms. The Morgan fingerprint density at radius 2 is 2.15 bits per heavy atom. The third kappa shape index (κ3) is 1.69. The minimum atomic E-state index is -2.73. The van der Waals surface area contributed by atoms with Crippen molar-refractivity contribution in [1.82, 2.24) is 20.3 Å². The van der Waals surface area contributed by atoms with E-state index in [1.54, 1.807) is 12.3 Å². The largest absolute Gasteiger partial charge is 0.350 e. The minimum Gasteiger partial charge on any atom is -0.350 e. The number of fused-ring (bicyclic) bond motifs is 1. The highest BCUT2D eigenvalue weighted by Gasteiger charge is 2.74. The molecular formula is C13H14F2N4O. The van der Waals surface area contributed by atoms with Gasteiger partial charge in [-0.3, -0.25) is 4.79 Å². The highest BCUT2D eigenvalue weighted by molar-refractivity contribution is 6.03. The van der Waals surface area contributed by atoms with E-state index in [1.807, 2.05) is 0 Å². The number of hydrogen-bond acceptors (Lipinski definition) is 3. The summed E-state index contributed by atoms with van der Waals surface area (Å²) < 4.78 is 26.9. The van der Waals surface area contributed by atoms with Crippen LogP contribution in [0.1, 0.15) is 24.3 Å². The van der Waals surface area contributed by atoms with Gasteiger partial charge in [0.25, 0.3) is 11.8 Å². The Bertz CT molecular complexity index is 666. The van der Waals surface area contributed by atoms with E-state index in [1.165, 1.54) is 20.2 Å². The van der Waals surface area contributed by atoms with Gasteiger partial charge < -0.3 is 10.3 Å². The van der Waals surface area contributed by atoms with E-state index in [-0.39, 0.29) is 12.2 Å². The highest BCUT2D eigenvalue weighted by Crippen LogP contribution is 2.65. The molecule has 0 aromatic carbocycles. The molecule has 5 nitrogen and oxygen atoms in total. The lowest BCUT2D eigenvalue weighted by atomic mass is 10.1. The van der Waals surface area contributed by atoms with Crippen molar-refractivity contribution in [2.24, 2.45) is 11.3 Å². The second-order valence-corrected chi connectivity index (χ2v) is 5.57. The summed E-state index contributed by atoms with van der Waals surface area (Å²) in [5.74, 6) is -4.02. The van der Waals surface area contributed by atoms with Crippen molar-refractivity contribution in [2.75, 3.05) is 6.54 Å². The van der Waals surface area contributed by atoms with Crippen LogP contribution in [0.5, 0.6) is 0 Å². The highest BCUT2D eigenvalue weighted by atomic mass is 19.3. The maximum atomic E-state index is 13.4. The normalized spacial score (nSPS) is 22.7. The van der Waals surface area contributed by atoms with Gasteiger partial charge in [0.05, 0.1) is 11.3 Å². The number of amides is 1. The molecule has 1 unspecified atom stereocenters. The lowest BCUT2D eigenvalue weighted by Crippen LogP contribution is -2.28. The van der Waals surface area contributed by atoms with E-state index in [9.17, 15) is 13.6 Å². The molecule has 0 spiro atoms. The molecule has 0 saturated heterocycles. The molecule has 1 aliphatic rings. The Kier molecular flexibility index (Phi) is 2.57. The standard InChI is InChI=1S/C13H14F2N4O/c1-12(2)8(13(12,14)15)5-17-11(20)9-7-3-4-16-10(7)19-6-18-9/h3-4,6,8H,5H2,1-2H3,(H,17,20)(H,16,18,19). The quantitative estimate of drug-likeness (QED) is 0.903. The number of carbonyl (C=O) groups is 1. The summed E-state index contributed by atoms with van der Waals surface area (Å²) in [6.07, 6.45) is 2.91. The number of nitrogens with one attached hydrogen (secondary N) is 2. The number of aromatic amines is 1. The number of aromatic nitrogens is 3. The molecule has 7 heteroatoms. The van der Waals surface area contributed by atoms with Crippen molar-refractivity contribution in [2.45, 2.75) is 19.8 Å². The SMILES string of the molecule is CC1(C)C(CNC(=O)c2ncnc3[nH]ccc23)C1(F)F. The fourth-order valence-corrected chi connectivity index (χ4v) is 2.47. The molecule has 2 N–H and O–H groups in total. The van der Waals surface area contributed by atoms with Gasteiger partial charge in [0.15, 0.2) is 0 Å². The molecular weight excluding hydrogens is 266 g/mol. The first kappa shape index (κ1) is 13.0. The summed E-state index contributed by atoms with van der Waals surface area (Å²) in [5, 5.41) is 3.11. The minimum absolute atomic E-state index is 0.0608. The summed E-state index contributed by atoms with van der Waals surface area (Å²) in [6, 6.07) is 1.68. The van der Waals surface area contributed by atoms with E-state index >= 15 is 0 Å². The van der Waals surface area contributed by atoms with E-state index in [0.29, 0.717) is 11.0 Å². The molecule has 0 aliphatic heterocycles. The molecule has 1 saturated carbocycles. The second-order valence-electron chi connectivity index (χ2n) is 5.57. The maximum Gasteiger partial charge on any atom is 0.270 e. The molecule has 1 atom stereocenters. The second kappa shape index (κ2) is 3.97. The monoisotopic (exact) mass is 280 g/mol. The smallest absolute Gasteiger partial charge is 0.270 e. The first-order chi connectivity index (χ1) is 9.35. The predicted molar refractivity (Wildman–Crippen MR) is 68.4 cm³/mol. The van der Waals surface area contributed by atoms with E-state index in [4.69, 9.17) is 0 Å². The number of rotatable bonds is 3. The zero-order valence-corrected chi connectivity index (χ0v) is 11.1. The molecule has 3 rings (SSSR count). The van der Waals surface area contributed by atoms with Crippen LogP contribution in [0.25, 0.3) is 11.0 Å². The molecule has 2 heterocycles. The third-order valence-electron chi connectivity index (χ3n) is 4.12. The Hall–Kier alpha value is -2.05. The van der Waals surface area contributed by atoms with Crippen molar-refractivity contribution < 1.29 is 13.6 Å².